The van der Waals surface area contributed by atoms with Crippen LogP contribution < -0.4 is 10.2 Å². The molecule has 0 saturated heterocycles. The van der Waals surface area contributed by atoms with Crippen molar-refractivity contribution in [1.82, 2.24) is 0 Å². The van der Waals surface area contributed by atoms with Crippen molar-refractivity contribution in [1.29, 1.82) is 0 Å². The lowest BCUT2D eigenvalue weighted by molar-refractivity contribution is 0.101. The van der Waals surface area contributed by atoms with Gasteiger partial charge in [-0.15, -0.1) is 0 Å². The Morgan fingerprint density at radius 2 is 1.73 bits per heavy atom. The Morgan fingerprint density at radius 1 is 1.05 bits per heavy atom. The van der Waals surface area contributed by atoms with Gasteiger partial charge in [-0.2, -0.15) is 0 Å². The standard InChI is InChI=1S/C15H11BO6/c17-10-6-11(18)14-12(7-10)22-13(15(14)19)5-8-1-3-9(4-2-8)16(20)21/h1-7,17-18,20-21H/b13-5-. The summed E-state index contributed by atoms with van der Waals surface area (Å²) in [4.78, 5) is 12.2. The molecule has 110 valence electrons. The maximum absolute atomic E-state index is 12.2. The Hall–Kier alpha value is -2.77. The predicted octanol–water partition coefficient (Wildman–Crippen LogP) is 0.394. The summed E-state index contributed by atoms with van der Waals surface area (Å²) in [6.07, 6.45) is 1.46. The maximum Gasteiger partial charge on any atom is 0.488 e. The number of carbonyl (C=O) groups excluding carboxylic acids is 1. The number of aromatic hydroxyl groups is 2. The number of allylic oxidation sites excluding steroid dienone is 1. The van der Waals surface area contributed by atoms with Gasteiger partial charge in [0.05, 0.1) is 0 Å². The van der Waals surface area contributed by atoms with Crippen molar-refractivity contribution in [2.24, 2.45) is 0 Å². The summed E-state index contributed by atoms with van der Waals surface area (Å²) in [7, 11) is -1.56. The second kappa shape index (κ2) is 5.21. The summed E-state index contributed by atoms with van der Waals surface area (Å²) in [5.41, 5.74) is 0.947. The van der Waals surface area contributed by atoms with Crippen LogP contribution in [-0.2, 0) is 0 Å². The van der Waals surface area contributed by atoms with Crippen molar-refractivity contribution >= 4 is 24.4 Å². The normalized spacial score (nSPS) is 14.8. The Morgan fingerprint density at radius 3 is 2.36 bits per heavy atom. The third-order valence-electron chi connectivity index (χ3n) is 3.27. The summed E-state index contributed by atoms with van der Waals surface area (Å²) in [5.74, 6) is -0.933. The molecule has 0 bridgehead atoms. The van der Waals surface area contributed by atoms with Gasteiger partial charge in [-0.25, -0.2) is 0 Å². The van der Waals surface area contributed by atoms with E-state index in [2.05, 4.69) is 0 Å². The van der Waals surface area contributed by atoms with E-state index in [9.17, 15) is 15.0 Å². The first kappa shape index (κ1) is 14.2. The number of hydrogen-bond acceptors (Lipinski definition) is 6. The molecule has 0 saturated carbocycles. The van der Waals surface area contributed by atoms with Crippen LogP contribution in [0.25, 0.3) is 6.08 Å². The highest BCUT2D eigenvalue weighted by Gasteiger charge is 2.31. The van der Waals surface area contributed by atoms with Crippen molar-refractivity contribution in [3.05, 3.63) is 53.3 Å². The lowest BCUT2D eigenvalue weighted by atomic mass is 9.80. The summed E-state index contributed by atoms with van der Waals surface area (Å²) < 4.78 is 5.36. The van der Waals surface area contributed by atoms with E-state index in [-0.39, 0.29) is 28.6 Å². The first-order valence-electron chi connectivity index (χ1n) is 6.42. The molecule has 0 aromatic heterocycles. The Balaban J connectivity index is 1.94. The van der Waals surface area contributed by atoms with Crippen LogP contribution >= 0.6 is 0 Å². The molecular weight excluding hydrogens is 287 g/mol. The van der Waals surface area contributed by atoms with Crippen LogP contribution in [0.2, 0.25) is 0 Å². The monoisotopic (exact) mass is 298 g/mol. The molecule has 3 rings (SSSR count). The molecule has 2 aromatic rings. The van der Waals surface area contributed by atoms with Crippen molar-refractivity contribution in [3.8, 4) is 17.2 Å². The topological polar surface area (TPSA) is 107 Å². The van der Waals surface area contributed by atoms with E-state index in [1.165, 1.54) is 24.3 Å². The van der Waals surface area contributed by atoms with Gasteiger partial charge in [-0.1, -0.05) is 24.3 Å². The third kappa shape index (κ3) is 2.43. The Kier molecular flexibility index (Phi) is 3.36. The number of fused-ring (bicyclic) bond motifs is 1. The van der Waals surface area contributed by atoms with Crippen LogP contribution in [0.1, 0.15) is 15.9 Å². The minimum atomic E-state index is -1.56. The van der Waals surface area contributed by atoms with E-state index < -0.39 is 12.9 Å². The Bertz CT molecular complexity index is 779. The molecule has 0 unspecified atom stereocenters. The highest BCUT2D eigenvalue weighted by Crippen LogP contribution is 2.40. The van der Waals surface area contributed by atoms with Gasteiger partial charge < -0.3 is 25.0 Å². The number of ether oxygens (including phenoxy) is 1. The number of phenols is 2. The molecule has 0 amide bonds. The van der Waals surface area contributed by atoms with Gasteiger partial charge in [0.25, 0.3) is 0 Å². The van der Waals surface area contributed by atoms with Gasteiger partial charge in [0.2, 0.25) is 5.78 Å². The zero-order chi connectivity index (χ0) is 15.9. The van der Waals surface area contributed by atoms with E-state index in [0.29, 0.717) is 11.0 Å². The SMILES string of the molecule is O=C1/C(=C/c2ccc(B(O)O)cc2)Oc2cc(O)cc(O)c21. The van der Waals surface area contributed by atoms with Crippen molar-refractivity contribution in [2.75, 3.05) is 0 Å². The summed E-state index contributed by atoms with van der Waals surface area (Å²) in [5, 5.41) is 37.2. The summed E-state index contributed by atoms with van der Waals surface area (Å²) in [6, 6.07) is 8.52. The molecular formula is C15H11BO6. The fourth-order valence-electron chi connectivity index (χ4n) is 2.19. The molecule has 1 aliphatic heterocycles. The van der Waals surface area contributed by atoms with Crippen LogP contribution in [-0.4, -0.2) is 33.2 Å². The largest absolute Gasteiger partial charge is 0.508 e. The van der Waals surface area contributed by atoms with Gasteiger partial charge in [0, 0.05) is 12.1 Å². The van der Waals surface area contributed by atoms with Gasteiger partial charge in [0.1, 0.15) is 22.8 Å². The molecule has 6 nitrogen and oxygen atoms in total. The van der Waals surface area contributed by atoms with Crippen LogP contribution in [0.3, 0.4) is 0 Å². The lowest BCUT2D eigenvalue weighted by Crippen LogP contribution is -2.29. The van der Waals surface area contributed by atoms with Crippen LogP contribution in [0.4, 0.5) is 0 Å². The second-order valence-electron chi connectivity index (χ2n) is 4.82. The van der Waals surface area contributed by atoms with E-state index in [0.717, 1.165) is 6.07 Å². The molecule has 2 aromatic carbocycles. The first-order chi connectivity index (χ1) is 10.5. The molecule has 0 spiro atoms. The second-order valence-corrected chi connectivity index (χ2v) is 4.82. The van der Waals surface area contributed by atoms with Crippen LogP contribution in [0, 0.1) is 0 Å². The van der Waals surface area contributed by atoms with E-state index in [4.69, 9.17) is 14.8 Å². The molecule has 4 N–H and O–H groups in total. The van der Waals surface area contributed by atoms with Crippen molar-refractivity contribution < 1.29 is 29.8 Å². The quantitative estimate of drug-likeness (QED) is 0.472. The van der Waals surface area contributed by atoms with Crippen molar-refractivity contribution in [3.63, 3.8) is 0 Å². The number of Topliss-reactive ketones (excluding diaryl/α,β-unsaturated/α-hetero) is 1. The zero-order valence-electron chi connectivity index (χ0n) is 11.2. The van der Waals surface area contributed by atoms with E-state index in [1.807, 2.05) is 0 Å². The smallest absolute Gasteiger partial charge is 0.488 e. The van der Waals surface area contributed by atoms with Gasteiger partial charge in [-0.05, 0) is 17.1 Å². The minimum Gasteiger partial charge on any atom is -0.508 e. The zero-order valence-corrected chi connectivity index (χ0v) is 11.2. The van der Waals surface area contributed by atoms with Gasteiger partial charge in [-0.3, -0.25) is 4.79 Å². The summed E-state index contributed by atoms with van der Waals surface area (Å²) >= 11 is 0. The van der Waals surface area contributed by atoms with E-state index >= 15 is 0 Å². The molecule has 0 aliphatic carbocycles. The van der Waals surface area contributed by atoms with Crippen molar-refractivity contribution in [2.45, 2.75) is 0 Å². The number of ketones is 1. The fraction of sp³-hybridized carbons (Fsp3) is 0. The third-order valence-corrected chi connectivity index (χ3v) is 3.27. The minimum absolute atomic E-state index is 0.00597. The fourth-order valence-corrected chi connectivity index (χ4v) is 2.19. The Labute approximate surface area is 125 Å². The first-order valence-corrected chi connectivity index (χ1v) is 6.42. The molecule has 1 heterocycles. The molecule has 0 fully saturated rings. The number of carbonyl (C=O) groups is 1. The van der Waals surface area contributed by atoms with Gasteiger partial charge >= 0.3 is 7.12 Å². The number of rotatable bonds is 2. The van der Waals surface area contributed by atoms with Crippen LogP contribution in [0.15, 0.2) is 42.2 Å². The number of benzene rings is 2. The maximum atomic E-state index is 12.2. The molecule has 0 atom stereocenters. The summed E-state index contributed by atoms with van der Waals surface area (Å²) in [6.45, 7) is 0. The highest BCUT2D eigenvalue weighted by atomic mass is 16.5. The van der Waals surface area contributed by atoms with Gasteiger partial charge in [0.15, 0.2) is 5.76 Å². The van der Waals surface area contributed by atoms with Crippen LogP contribution in [0.5, 0.6) is 17.2 Å². The molecule has 7 heteroatoms. The molecule has 0 radical (unpaired) electrons. The number of phenolic OH excluding ortho intramolecular Hbond substituents is 2. The average molecular weight is 298 g/mol. The average Bonchev–Trinajstić information content (AvgIpc) is 2.75. The van der Waals surface area contributed by atoms with E-state index in [1.54, 1.807) is 12.1 Å². The molecule has 22 heavy (non-hydrogen) atoms. The lowest BCUT2D eigenvalue weighted by Gasteiger charge is -2.01. The predicted molar refractivity (Wildman–Crippen MR) is 79.0 cm³/mol. The molecule has 1 aliphatic rings. The number of hydrogen-bond donors (Lipinski definition) is 4. The highest BCUT2D eigenvalue weighted by molar-refractivity contribution is 6.58.